The van der Waals surface area contributed by atoms with Gasteiger partial charge in [-0.15, -0.1) is 0 Å². The summed E-state index contributed by atoms with van der Waals surface area (Å²) in [6.07, 6.45) is 3.73. The van der Waals surface area contributed by atoms with Crippen LogP contribution in [-0.4, -0.2) is 9.97 Å². The summed E-state index contributed by atoms with van der Waals surface area (Å²) in [5.41, 5.74) is 3.64. The topological polar surface area (TPSA) is 37.8 Å². The molecule has 1 atom stereocenters. The molecular weight excluding hydrogens is 234 g/mol. The van der Waals surface area contributed by atoms with Crippen LogP contribution in [-0.2, 0) is 6.42 Å². The number of nitrogens with zero attached hydrogens (tertiary/aromatic N) is 2. The van der Waals surface area contributed by atoms with Crippen molar-refractivity contribution in [2.45, 2.75) is 39.7 Å². The molecule has 0 radical (unpaired) electrons. The van der Waals surface area contributed by atoms with Gasteiger partial charge in [0, 0.05) is 17.8 Å². The molecule has 0 amide bonds. The molecule has 1 heterocycles. The SMILES string of the molecule is CCCc1cc(NC(C)c2ccc(C)cc2)ncn1. The van der Waals surface area contributed by atoms with Crippen molar-refractivity contribution >= 4 is 5.82 Å². The lowest BCUT2D eigenvalue weighted by Crippen LogP contribution is -2.08. The lowest BCUT2D eigenvalue weighted by atomic mass is 10.1. The maximum absolute atomic E-state index is 4.28. The maximum Gasteiger partial charge on any atom is 0.130 e. The third-order valence-electron chi connectivity index (χ3n) is 3.17. The van der Waals surface area contributed by atoms with E-state index < -0.39 is 0 Å². The number of rotatable bonds is 5. The number of benzene rings is 1. The minimum atomic E-state index is 0.241. The second-order valence-corrected chi connectivity index (χ2v) is 4.92. The van der Waals surface area contributed by atoms with Crippen LogP contribution < -0.4 is 5.32 Å². The van der Waals surface area contributed by atoms with Crippen LogP contribution in [0.2, 0.25) is 0 Å². The first kappa shape index (κ1) is 13.5. The van der Waals surface area contributed by atoms with Gasteiger partial charge in [-0.25, -0.2) is 9.97 Å². The number of nitrogens with one attached hydrogen (secondary N) is 1. The molecule has 0 saturated heterocycles. The summed E-state index contributed by atoms with van der Waals surface area (Å²) in [5, 5.41) is 3.43. The van der Waals surface area contributed by atoms with Gasteiger partial charge in [-0.2, -0.15) is 0 Å². The Morgan fingerprint density at radius 1 is 1.16 bits per heavy atom. The molecule has 0 aliphatic rings. The molecule has 2 aromatic rings. The summed E-state index contributed by atoms with van der Waals surface area (Å²) in [6, 6.07) is 10.9. The Labute approximate surface area is 115 Å². The smallest absolute Gasteiger partial charge is 0.130 e. The zero-order valence-corrected chi connectivity index (χ0v) is 11.9. The third-order valence-corrected chi connectivity index (χ3v) is 3.17. The van der Waals surface area contributed by atoms with Crippen LogP contribution >= 0.6 is 0 Å². The van der Waals surface area contributed by atoms with Gasteiger partial charge in [0.25, 0.3) is 0 Å². The van der Waals surface area contributed by atoms with Crippen LogP contribution in [0.1, 0.15) is 43.1 Å². The van der Waals surface area contributed by atoms with Gasteiger partial charge in [0.1, 0.15) is 12.1 Å². The summed E-state index contributed by atoms with van der Waals surface area (Å²) in [6.45, 7) is 6.40. The van der Waals surface area contributed by atoms with Crippen molar-refractivity contribution < 1.29 is 0 Å². The van der Waals surface area contributed by atoms with Crippen LogP contribution in [0.3, 0.4) is 0 Å². The van der Waals surface area contributed by atoms with Crippen molar-refractivity contribution in [1.82, 2.24) is 9.97 Å². The monoisotopic (exact) mass is 255 g/mol. The van der Waals surface area contributed by atoms with Crippen LogP contribution in [0.25, 0.3) is 0 Å². The normalized spacial score (nSPS) is 12.2. The van der Waals surface area contributed by atoms with Crippen molar-refractivity contribution in [3.8, 4) is 0 Å². The molecule has 0 aliphatic carbocycles. The highest BCUT2D eigenvalue weighted by Crippen LogP contribution is 2.18. The highest BCUT2D eigenvalue weighted by atomic mass is 15.0. The van der Waals surface area contributed by atoms with Gasteiger partial charge in [0.2, 0.25) is 0 Å². The highest BCUT2D eigenvalue weighted by molar-refractivity contribution is 5.39. The van der Waals surface area contributed by atoms with Gasteiger partial charge in [-0.05, 0) is 25.8 Å². The van der Waals surface area contributed by atoms with Crippen molar-refractivity contribution in [1.29, 1.82) is 0 Å². The molecule has 100 valence electrons. The Kier molecular flexibility index (Phi) is 4.50. The summed E-state index contributed by atoms with van der Waals surface area (Å²) in [4.78, 5) is 8.55. The Bertz CT molecular complexity index is 520. The zero-order chi connectivity index (χ0) is 13.7. The molecule has 0 fully saturated rings. The maximum atomic E-state index is 4.28. The predicted molar refractivity (Wildman–Crippen MR) is 79.2 cm³/mol. The molecule has 1 N–H and O–H groups in total. The van der Waals surface area contributed by atoms with E-state index in [0.29, 0.717) is 0 Å². The highest BCUT2D eigenvalue weighted by Gasteiger charge is 2.06. The summed E-state index contributed by atoms with van der Waals surface area (Å²) in [5.74, 6) is 0.895. The minimum absolute atomic E-state index is 0.241. The van der Waals surface area contributed by atoms with E-state index in [1.165, 1.54) is 11.1 Å². The fraction of sp³-hybridized carbons (Fsp3) is 0.375. The molecule has 3 nitrogen and oxygen atoms in total. The first-order valence-electron chi connectivity index (χ1n) is 6.83. The molecule has 0 spiro atoms. The number of aryl methyl sites for hydroxylation is 2. The van der Waals surface area contributed by atoms with E-state index >= 15 is 0 Å². The minimum Gasteiger partial charge on any atom is -0.363 e. The van der Waals surface area contributed by atoms with Gasteiger partial charge in [-0.1, -0.05) is 43.2 Å². The second kappa shape index (κ2) is 6.32. The largest absolute Gasteiger partial charge is 0.363 e. The van der Waals surface area contributed by atoms with Crippen LogP contribution in [0.4, 0.5) is 5.82 Å². The molecule has 3 heteroatoms. The lowest BCUT2D eigenvalue weighted by molar-refractivity contribution is 0.848. The molecule has 0 aliphatic heterocycles. The molecular formula is C16H21N3. The number of hydrogen-bond donors (Lipinski definition) is 1. The molecule has 0 saturated carbocycles. The van der Waals surface area contributed by atoms with Crippen molar-refractivity contribution in [2.24, 2.45) is 0 Å². The number of hydrogen-bond acceptors (Lipinski definition) is 3. The third kappa shape index (κ3) is 3.78. The summed E-state index contributed by atoms with van der Waals surface area (Å²) >= 11 is 0. The standard InChI is InChI=1S/C16H21N3/c1-4-5-15-10-16(18-11-17-15)19-13(3)14-8-6-12(2)7-9-14/h6-11,13H,4-5H2,1-3H3,(H,17,18,19). The Morgan fingerprint density at radius 3 is 2.58 bits per heavy atom. The molecule has 2 rings (SSSR count). The van der Waals surface area contributed by atoms with E-state index in [1.54, 1.807) is 6.33 Å². The van der Waals surface area contributed by atoms with E-state index in [-0.39, 0.29) is 6.04 Å². The van der Waals surface area contributed by atoms with Gasteiger partial charge in [0.15, 0.2) is 0 Å². The van der Waals surface area contributed by atoms with E-state index in [4.69, 9.17) is 0 Å². The number of anilines is 1. The van der Waals surface area contributed by atoms with Crippen molar-refractivity contribution in [3.05, 3.63) is 53.5 Å². The quantitative estimate of drug-likeness (QED) is 0.880. The van der Waals surface area contributed by atoms with Crippen LogP contribution in [0, 0.1) is 6.92 Å². The van der Waals surface area contributed by atoms with Gasteiger partial charge in [0.05, 0.1) is 0 Å². The average Bonchev–Trinajstić information content (AvgIpc) is 2.40. The molecule has 1 unspecified atom stereocenters. The first-order valence-corrected chi connectivity index (χ1v) is 6.83. The van der Waals surface area contributed by atoms with E-state index in [2.05, 4.69) is 60.3 Å². The van der Waals surface area contributed by atoms with Crippen molar-refractivity contribution in [2.75, 3.05) is 5.32 Å². The Hall–Kier alpha value is -1.90. The molecule has 19 heavy (non-hydrogen) atoms. The predicted octanol–water partition coefficient (Wildman–Crippen LogP) is 3.91. The molecule has 0 bridgehead atoms. The Balaban J connectivity index is 2.07. The van der Waals surface area contributed by atoms with E-state index in [1.807, 2.05) is 6.07 Å². The summed E-state index contributed by atoms with van der Waals surface area (Å²) < 4.78 is 0. The van der Waals surface area contributed by atoms with E-state index in [0.717, 1.165) is 24.4 Å². The first-order chi connectivity index (χ1) is 9.19. The second-order valence-electron chi connectivity index (χ2n) is 4.92. The number of aromatic nitrogens is 2. The summed E-state index contributed by atoms with van der Waals surface area (Å²) in [7, 11) is 0. The fourth-order valence-electron chi connectivity index (χ4n) is 2.03. The lowest BCUT2D eigenvalue weighted by Gasteiger charge is -2.15. The van der Waals surface area contributed by atoms with E-state index in [9.17, 15) is 0 Å². The zero-order valence-electron chi connectivity index (χ0n) is 11.9. The molecule has 1 aromatic heterocycles. The fourth-order valence-corrected chi connectivity index (χ4v) is 2.03. The Morgan fingerprint density at radius 2 is 1.89 bits per heavy atom. The van der Waals surface area contributed by atoms with Gasteiger partial charge < -0.3 is 5.32 Å². The average molecular weight is 255 g/mol. The van der Waals surface area contributed by atoms with Crippen LogP contribution in [0.15, 0.2) is 36.7 Å². The van der Waals surface area contributed by atoms with Gasteiger partial charge >= 0.3 is 0 Å². The van der Waals surface area contributed by atoms with Crippen molar-refractivity contribution in [3.63, 3.8) is 0 Å². The molecule has 1 aromatic carbocycles. The van der Waals surface area contributed by atoms with Gasteiger partial charge in [-0.3, -0.25) is 0 Å². The van der Waals surface area contributed by atoms with Crippen LogP contribution in [0.5, 0.6) is 0 Å².